The third-order valence-electron chi connectivity index (χ3n) is 6.07. The van der Waals surface area contributed by atoms with E-state index in [9.17, 15) is 0 Å². The van der Waals surface area contributed by atoms with Crippen molar-refractivity contribution in [3.05, 3.63) is 65.7 Å². The van der Waals surface area contributed by atoms with Crippen LogP contribution >= 0.6 is 0 Å². The Morgan fingerprint density at radius 2 is 1.48 bits per heavy atom. The summed E-state index contributed by atoms with van der Waals surface area (Å²) in [5.74, 6) is 1.91. The molecule has 0 radical (unpaired) electrons. The van der Waals surface area contributed by atoms with Crippen LogP contribution in [-0.2, 0) is 13.1 Å². The second-order valence-electron chi connectivity index (χ2n) is 9.02. The average molecular weight is 446 g/mol. The van der Waals surface area contributed by atoms with E-state index >= 15 is 0 Å². The molecule has 0 spiro atoms. The summed E-state index contributed by atoms with van der Waals surface area (Å²) in [6.45, 7) is 1.39. The number of hydrogen-bond acceptors (Lipinski definition) is 7. The molecule has 4 rings (SSSR count). The van der Waals surface area contributed by atoms with Gasteiger partial charge in [0.2, 0.25) is 17.8 Å². The maximum Gasteiger partial charge on any atom is 0.231 e. The first-order valence-corrected chi connectivity index (χ1v) is 11.8. The standard InChI is InChI=1S/C26H35N7/c1-32(2)23-16-14-20(15-17-23)18-27-24-29-25(28-22-12-8-5-9-13-22)31-26(30-24)33(3)19-21-10-6-4-7-11-21/h4,6-7,10-11,14-17,22H,5,8-9,12-13,18-19H2,1-3H3,(H2,27,28,29,30,31). The highest BCUT2D eigenvalue weighted by atomic mass is 15.3. The molecule has 0 saturated heterocycles. The van der Waals surface area contributed by atoms with Gasteiger partial charge in [0.15, 0.2) is 0 Å². The molecule has 3 aromatic rings. The molecule has 33 heavy (non-hydrogen) atoms. The molecule has 1 saturated carbocycles. The molecule has 174 valence electrons. The van der Waals surface area contributed by atoms with E-state index in [4.69, 9.17) is 15.0 Å². The maximum atomic E-state index is 4.76. The smallest absolute Gasteiger partial charge is 0.231 e. The first kappa shape index (κ1) is 22.8. The Bertz CT molecular complexity index is 999. The van der Waals surface area contributed by atoms with Crippen molar-refractivity contribution >= 4 is 23.5 Å². The van der Waals surface area contributed by atoms with Crippen molar-refractivity contribution in [2.45, 2.75) is 51.2 Å². The van der Waals surface area contributed by atoms with Gasteiger partial charge in [-0.15, -0.1) is 0 Å². The third-order valence-corrected chi connectivity index (χ3v) is 6.07. The van der Waals surface area contributed by atoms with Gasteiger partial charge in [0.25, 0.3) is 0 Å². The Labute approximate surface area is 197 Å². The Morgan fingerprint density at radius 3 is 2.18 bits per heavy atom. The lowest BCUT2D eigenvalue weighted by Crippen LogP contribution is -2.26. The predicted molar refractivity (Wildman–Crippen MR) is 137 cm³/mol. The number of aromatic nitrogens is 3. The summed E-state index contributed by atoms with van der Waals surface area (Å²) in [6.07, 6.45) is 6.18. The van der Waals surface area contributed by atoms with Gasteiger partial charge in [0.05, 0.1) is 0 Å². The molecule has 7 heteroatoms. The molecular weight excluding hydrogens is 410 g/mol. The van der Waals surface area contributed by atoms with Crippen LogP contribution in [0.3, 0.4) is 0 Å². The van der Waals surface area contributed by atoms with E-state index in [1.807, 2.05) is 27.2 Å². The summed E-state index contributed by atoms with van der Waals surface area (Å²) < 4.78 is 0. The lowest BCUT2D eigenvalue weighted by molar-refractivity contribution is 0.460. The quantitative estimate of drug-likeness (QED) is 0.484. The second kappa shape index (κ2) is 11.0. The van der Waals surface area contributed by atoms with E-state index in [0.717, 1.165) is 6.54 Å². The van der Waals surface area contributed by atoms with Crippen LogP contribution in [0.4, 0.5) is 23.5 Å². The predicted octanol–water partition coefficient (Wildman–Crippen LogP) is 4.93. The molecule has 0 amide bonds. The highest BCUT2D eigenvalue weighted by Gasteiger charge is 2.17. The summed E-state index contributed by atoms with van der Waals surface area (Å²) in [7, 11) is 6.12. The van der Waals surface area contributed by atoms with Gasteiger partial charge in [-0.25, -0.2) is 0 Å². The third kappa shape index (κ3) is 6.57. The highest BCUT2D eigenvalue weighted by Crippen LogP contribution is 2.22. The van der Waals surface area contributed by atoms with E-state index in [-0.39, 0.29) is 0 Å². The zero-order valence-corrected chi connectivity index (χ0v) is 20.0. The second-order valence-corrected chi connectivity index (χ2v) is 9.02. The Hall–Kier alpha value is -3.35. The number of hydrogen-bond donors (Lipinski definition) is 2. The topological polar surface area (TPSA) is 69.2 Å². The number of nitrogens with one attached hydrogen (secondary N) is 2. The Kier molecular flexibility index (Phi) is 7.60. The molecule has 1 fully saturated rings. The molecule has 0 aliphatic heterocycles. The van der Waals surface area contributed by atoms with Crippen LogP contribution in [0.25, 0.3) is 0 Å². The average Bonchev–Trinajstić information content (AvgIpc) is 2.84. The number of benzene rings is 2. The molecule has 0 unspecified atom stereocenters. The number of nitrogens with zero attached hydrogens (tertiary/aromatic N) is 5. The van der Waals surface area contributed by atoms with Crippen molar-refractivity contribution in [1.29, 1.82) is 0 Å². The van der Waals surface area contributed by atoms with Gasteiger partial charge in [0, 0.05) is 46.0 Å². The fraction of sp³-hybridized carbons (Fsp3) is 0.423. The summed E-state index contributed by atoms with van der Waals surface area (Å²) >= 11 is 0. The molecule has 7 nitrogen and oxygen atoms in total. The summed E-state index contributed by atoms with van der Waals surface area (Å²) in [5, 5.41) is 6.97. The minimum absolute atomic E-state index is 0.430. The summed E-state index contributed by atoms with van der Waals surface area (Å²) in [6, 6.07) is 19.3. The minimum Gasteiger partial charge on any atom is -0.378 e. The fourth-order valence-corrected chi connectivity index (χ4v) is 4.13. The Morgan fingerprint density at radius 1 is 0.788 bits per heavy atom. The van der Waals surface area contributed by atoms with Gasteiger partial charge in [0.1, 0.15) is 0 Å². The first-order valence-electron chi connectivity index (χ1n) is 11.8. The van der Waals surface area contributed by atoms with Crippen molar-refractivity contribution in [3.63, 3.8) is 0 Å². The number of rotatable bonds is 9. The lowest BCUT2D eigenvalue weighted by atomic mass is 9.96. The largest absolute Gasteiger partial charge is 0.378 e. The van der Waals surface area contributed by atoms with Gasteiger partial charge in [-0.1, -0.05) is 61.7 Å². The molecule has 2 N–H and O–H groups in total. The SMILES string of the molecule is CN(C)c1ccc(CNc2nc(NC3CCCCC3)nc(N(C)Cc3ccccc3)n2)cc1. The van der Waals surface area contributed by atoms with Crippen molar-refractivity contribution < 1.29 is 0 Å². The van der Waals surface area contributed by atoms with E-state index in [2.05, 4.69) is 69.0 Å². The zero-order valence-electron chi connectivity index (χ0n) is 20.0. The van der Waals surface area contributed by atoms with E-state index in [1.165, 1.54) is 48.9 Å². The van der Waals surface area contributed by atoms with E-state index < -0.39 is 0 Å². The van der Waals surface area contributed by atoms with Gasteiger partial charge in [-0.05, 0) is 36.1 Å². The fourth-order valence-electron chi connectivity index (χ4n) is 4.13. The van der Waals surface area contributed by atoms with Crippen LogP contribution < -0.4 is 20.4 Å². The normalized spacial score (nSPS) is 14.0. The van der Waals surface area contributed by atoms with Crippen LogP contribution in [0.2, 0.25) is 0 Å². The lowest BCUT2D eigenvalue weighted by Gasteiger charge is -2.24. The summed E-state index contributed by atoms with van der Waals surface area (Å²) in [4.78, 5) is 18.4. The zero-order chi connectivity index (χ0) is 23.0. The van der Waals surface area contributed by atoms with Crippen LogP contribution in [-0.4, -0.2) is 42.1 Å². The van der Waals surface area contributed by atoms with Crippen LogP contribution in [0.5, 0.6) is 0 Å². The molecular formula is C26H35N7. The Balaban J connectivity index is 1.51. The van der Waals surface area contributed by atoms with Gasteiger partial charge in [-0.2, -0.15) is 15.0 Å². The molecule has 0 bridgehead atoms. The van der Waals surface area contributed by atoms with Gasteiger partial charge in [-0.3, -0.25) is 0 Å². The van der Waals surface area contributed by atoms with Gasteiger partial charge < -0.3 is 20.4 Å². The monoisotopic (exact) mass is 445 g/mol. The first-order chi connectivity index (χ1) is 16.1. The molecule has 0 atom stereocenters. The van der Waals surface area contributed by atoms with Crippen molar-refractivity contribution in [3.8, 4) is 0 Å². The minimum atomic E-state index is 0.430. The van der Waals surface area contributed by atoms with Crippen LogP contribution in [0.1, 0.15) is 43.2 Å². The van der Waals surface area contributed by atoms with Crippen LogP contribution in [0.15, 0.2) is 54.6 Å². The van der Waals surface area contributed by atoms with Crippen molar-refractivity contribution in [1.82, 2.24) is 15.0 Å². The van der Waals surface area contributed by atoms with E-state index in [1.54, 1.807) is 0 Å². The highest BCUT2D eigenvalue weighted by molar-refractivity contribution is 5.48. The van der Waals surface area contributed by atoms with Crippen molar-refractivity contribution in [2.75, 3.05) is 41.6 Å². The molecule has 1 aliphatic carbocycles. The van der Waals surface area contributed by atoms with Crippen molar-refractivity contribution in [2.24, 2.45) is 0 Å². The van der Waals surface area contributed by atoms with Gasteiger partial charge >= 0.3 is 0 Å². The van der Waals surface area contributed by atoms with Crippen LogP contribution in [0, 0.1) is 0 Å². The van der Waals surface area contributed by atoms with E-state index in [0.29, 0.717) is 30.4 Å². The molecule has 1 heterocycles. The molecule has 1 aromatic heterocycles. The molecule has 2 aromatic carbocycles. The maximum absolute atomic E-state index is 4.76. The molecule has 1 aliphatic rings. The number of anilines is 4. The summed E-state index contributed by atoms with van der Waals surface area (Å²) in [5.41, 5.74) is 3.59.